The molecule has 8 heteroatoms. The van der Waals surface area contributed by atoms with Gasteiger partial charge in [0.15, 0.2) is 17.5 Å². The second-order valence-electron chi connectivity index (χ2n) is 5.98. The summed E-state index contributed by atoms with van der Waals surface area (Å²) >= 11 is 0. The Balaban J connectivity index is 1.88. The summed E-state index contributed by atoms with van der Waals surface area (Å²) in [6.07, 6.45) is 0. The predicted octanol–water partition coefficient (Wildman–Crippen LogP) is 2.43. The zero-order valence-electron chi connectivity index (χ0n) is 14.3. The second kappa shape index (κ2) is 8.22. The van der Waals surface area contributed by atoms with Crippen LogP contribution in [0.5, 0.6) is 0 Å². The third kappa shape index (κ3) is 4.11. The van der Waals surface area contributed by atoms with Gasteiger partial charge in [0.1, 0.15) is 6.04 Å². The molecular weight excluding hydrogens is 361 g/mol. The lowest BCUT2D eigenvalue weighted by Crippen LogP contribution is -2.47. The zero-order chi connectivity index (χ0) is 19.4. The highest BCUT2D eigenvalue weighted by molar-refractivity contribution is 5.98. The van der Waals surface area contributed by atoms with E-state index in [2.05, 4.69) is 5.32 Å². The summed E-state index contributed by atoms with van der Waals surface area (Å²) in [4.78, 5) is 26.9. The van der Waals surface area contributed by atoms with Crippen LogP contribution in [0.1, 0.15) is 22.0 Å². The van der Waals surface area contributed by atoms with Gasteiger partial charge in [0.2, 0.25) is 5.91 Å². The van der Waals surface area contributed by atoms with Crippen LogP contribution in [0.15, 0.2) is 42.5 Å². The minimum absolute atomic E-state index is 0.359. The van der Waals surface area contributed by atoms with Crippen molar-refractivity contribution in [2.75, 3.05) is 26.3 Å². The molecule has 0 radical (unpaired) electrons. The second-order valence-corrected chi connectivity index (χ2v) is 5.98. The Morgan fingerprint density at radius 3 is 2.30 bits per heavy atom. The van der Waals surface area contributed by atoms with Gasteiger partial charge in [-0.15, -0.1) is 0 Å². The van der Waals surface area contributed by atoms with Crippen molar-refractivity contribution in [2.45, 2.75) is 6.04 Å². The van der Waals surface area contributed by atoms with Crippen LogP contribution < -0.4 is 5.32 Å². The van der Waals surface area contributed by atoms with E-state index < -0.39 is 35.0 Å². The van der Waals surface area contributed by atoms with Crippen molar-refractivity contribution in [1.82, 2.24) is 10.2 Å². The number of nitrogens with zero attached hydrogens (tertiary/aromatic N) is 1. The van der Waals surface area contributed by atoms with Crippen LogP contribution >= 0.6 is 0 Å². The van der Waals surface area contributed by atoms with E-state index in [0.717, 1.165) is 6.07 Å². The number of nitrogens with one attached hydrogen (secondary N) is 1. The summed E-state index contributed by atoms with van der Waals surface area (Å²) in [6, 6.07) is 8.83. The third-order valence-electron chi connectivity index (χ3n) is 4.26. The Labute approximate surface area is 153 Å². The van der Waals surface area contributed by atoms with Gasteiger partial charge < -0.3 is 15.0 Å². The number of morpholine rings is 1. The van der Waals surface area contributed by atoms with Crippen molar-refractivity contribution in [3.05, 3.63) is 71.0 Å². The lowest BCUT2D eigenvalue weighted by Gasteiger charge is -2.31. The third-order valence-corrected chi connectivity index (χ3v) is 4.26. The first-order valence-corrected chi connectivity index (χ1v) is 8.35. The van der Waals surface area contributed by atoms with Crippen molar-refractivity contribution in [1.29, 1.82) is 0 Å². The summed E-state index contributed by atoms with van der Waals surface area (Å²) in [5, 5.41) is 2.43. The highest BCUT2D eigenvalue weighted by Gasteiger charge is 2.30. The van der Waals surface area contributed by atoms with E-state index >= 15 is 0 Å². The highest BCUT2D eigenvalue weighted by Crippen LogP contribution is 2.20. The van der Waals surface area contributed by atoms with E-state index in [0.29, 0.717) is 37.9 Å². The SMILES string of the molecule is O=C(N[C@H](C(=O)N1CCOCC1)c1ccccc1)c1ccc(F)c(F)c1F. The number of hydrogen-bond donors (Lipinski definition) is 1. The summed E-state index contributed by atoms with van der Waals surface area (Å²) in [5.74, 6) is -6.13. The molecule has 0 aliphatic carbocycles. The topological polar surface area (TPSA) is 58.6 Å². The molecule has 142 valence electrons. The molecule has 2 amide bonds. The van der Waals surface area contributed by atoms with E-state index in [9.17, 15) is 22.8 Å². The molecule has 27 heavy (non-hydrogen) atoms. The molecule has 1 fully saturated rings. The fraction of sp³-hybridized carbons (Fsp3) is 0.263. The molecule has 0 bridgehead atoms. The van der Waals surface area contributed by atoms with E-state index in [1.807, 2.05) is 0 Å². The average Bonchev–Trinajstić information content (AvgIpc) is 2.71. The molecular formula is C19H17F3N2O3. The van der Waals surface area contributed by atoms with Gasteiger partial charge in [-0.3, -0.25) is 9.59 Å². The summed E-state index contributed by atoms with van der Waals surface area (Å²) < 4.78 is 45.7. The van der Waals surface area contributed by atoms with Gasteiger partial charge in [-0.1, -0.05) is 30.3 Å². The minimum Gasteiger partial charge on any atom is -0.378 e. The molecule has 0 spiro atoms. The number of rotatable bonds is 4. The van der Waals surface area contributed by atoms with Crippen LogP contribution in [-0.2, 0) is 9.53 Å². The highest BCUT2D eigenvalue weighted by atomic mass is 19.2. The molecule has 1 aliphatic rings. The van der Waals surface area contributed by atoms with Gasteiger partial charge >= 0.3 is 0 Å². The Kier molecular flexibility index (Phi) is 5.75. The Bertz CT molecular complexity index is 840. The van der Waals surface area contributed by atoms with Crippen LogP contribution in [0, 0.1) is 17.5 Å². The maximum Gasteiger partial charge on any atom is 0.255 e. The molecule has 1 aliphatic heterocycles. The largest absolute Gasteiger partial charge is 0.378 e. The molecule has 0 saturated carbocycles. The molecule has 0 aromatic heterocycles. The first kappa shape index (κ1) is 18.9. The van der Waals surface area contributed by atoms with Gasteiger partial charge in [0.25, 0.3) is 5.91 Å². The first-order chi connectivity index (χ1) is 13.0. The molecule has 1 saturated heterocycles. The van der Waals surface area contributed by atoms with Crippen LogP contribution in [0.4, 0.5) is 13.2 Å². The molecule has 3 rings (SSSR count). The average molecular weight is 378 g/mol. The van der Waals surface area contributed by atoms with Gasteiger partial charge in [-0.2, -0.15) is 0 Å². The molecule has 0 unspecified atom stereocenters. The van der Waals surface area contributed by atoms with E-state index in [1.165, 1.54) is 4.90 Å². The van der Waals surface area contributed by atoms with Gasteiger partial charge in [0.05, 0.1) is 18.8 Å². The van der Waals surface area contributed by atoms with Gasteiger partial charge in [-0.25, -0.2) is 13.2 Å². The predicted molar refractivity (Wildman–Crippen MR) is 90.4 cm³/mol. The number of carbonyl (C=O) groups is 2. The molecule has 5 nitrogen and oxygen atoms in total. The van der Waals surface area contributed by atoms with E-state index in [4.69, 9.17) is 4.74 Å². The number of carbonyl (C=O) groups excluding carboxylic acids is 2. The molecule has 2 aromatic rings. The van der Waals surface area contributed by atoms with Crippen LogP contribution in [0.25, 0.3) is 0 Å². The summed E-state index contributed by atoms with van der Waals surface area (Å²) in [5.41, 5.74) is -0.185. The molecule has 1 atom stereocenters. The number of ether oxygens (including phenoxy) is 1. The maximum atomic E-state index is 13.9. The van der Waals surface area contributed by atoms with Crippen LogP contribution in [-0.4, -0.2) is 43.0 Å². The molecule has 2 aromatic carbocycles. The minimum atomic E-state index is -1.74. The quantitative estimate of drug-likeness (QED) is 0.832. The smallest absolute Gasteiger partial charge is 0.255 e. The normalized spacial score (nSPS) is 15.3. The van der Waals surface area contributed by atoms with Gasteiger partial charge in [0, 0.05) is 13.1 Å². The maximum absolute atomic E-state index is 13.9. The standard InChI is InChI=1S/C19H17F3N2O3/c20-14-7-6-13(15(21)16(14)22)18(25)23-17(12-4-2-1-3-5-12)19(26)24-8-10-27-11-9-24/h1-7,17H,8-11H2,(H,23,25)/t17-/m0/s1. The van der Waals surface area contributed by atoms with Crippen LogP contribution in [0.2, 0.25) is 0 Å². The molecule has 1 N–H and O–H groups in total. The number of halogens is 3. The first-order valence-electron chi connectivity index (χ1n) is 8.35. The fourth-order valence-electron chi connectivity index (χ4n) is 2.81. The molecule has 1 heterocycles. The van der Waals surface area contributed by atoms with Crippen molar-refractivity contribution >= 4 is 11.8 Å². The van der Waals surface area contributed by atoms with Crippen molar-refractivity contribution in [3.8, 4) is 0 Å². The lowest BCUT2D eigenvalue weighted by molar-refractivity contribution is -0.137. The Morgan fingerprint density at radius 1 is 0.963 bits per heavy atom. The fourth-order valence-corrected chi connectivity index (χ4v) is 2.81. The Morgan fingerprint density at radius 2 is 1.63 bits per heavy atom. The lowest BCUT2D eigenvalue weighted by atomic mass is 10.0. The number of benzene rings is 2. The summed E-state index contributed by atoms with van der Waals surface area (Å²) in [6.45, 7) is 1.47. The van der Waals surface area contributed by atoms with Gasteiger partial charge in [-0.05, 0) is 17.7 Å². The monoisotopic (exact) mass is 378 g/mol. The van der Waals surface area contributed by atoms with Crippen molar-refractivity contribution in [2.24, 2.45) is 0 Å². The summed E-state index contributed by atoms with van der Waals surface area (Å²) in [7, 11) is 0. The van der Waals surface area contributed by atoms with Crippen molar-refractivity contribution in [3.63, 3.8) is 0 Å². The number of amides is 2. The van der Waals surface area contributed by atoms with Crippen molar-refractivity contribution < 1.29 is 27.5 Å². The van der Waals surface area contributed by atoms with E-state index in [1.54, 1.807) is 30.3 Å². The zero-order valence-corrected chi connectivity index (χ0v) is 14.3. The number of hydrogen-bond acceptors (Lipinski definition) is 3. The Hall–Kier alpha value is -2.87. The van der Waals surface area contributed by atoms with Crippen LogP contribution in [0.3, 0.4) is 0 Å². The van der Waals surface area contributed by atoms with E-state index in [-0.39, 0.29) is 5.91 Å².